The van der Waals surface area contributed by atoms with Gasteiger partial charge in [-0.05, 0) is 25.0 Å². The van der Waals surface area contributed by atoms with E-state index in [1.807, 2.05) is 19.9 Å². The van der Waals surface area contributed by atoms with Crippen molar-refractivity contribution < 1.29 is 13.5 Å². The lowest BCUT2D eigenvalue weighted by molar-refractivity contribution is 0.172. The van der Waals surface area contributed by atoms with E-state index in [1.54, 1.807) is 30.6 Å². The summed E-state index contributed by atoms with van der Waals surface area (Å²) in [7, 11) is -3.72. The Bertz CT molecular complexity index is 711. The SMILES string of the molecule is CCC(CC)(CO)NS(=O)(=O)c1cccc2cnccc12. The fourth-order valence-corrected chi connectivity index (χ4v) is 4.08. The third kappa shape index (κ3) is 3.07. The molecule has 5 nitrogen and oxygen atoms in total. The summed E-state index contributed by atoms with van der Waals surface area (Å²) in [4.78, 5) is 4.21. The molecule has 0 bridgehead atoms. The molecule has 0 spiro atoms. The molecule has 0 unspecified atom stereocenters. The number of nitrogens with one attached hydrogen (secondary N) is 1. The van der Waals surface area contributed by atoms with Gasteiger partial charge >= 0.3 is 0 Å². The standard InChI is InChI=1S/C15H20N2O3S/c1-3-15(4-2,11-18)17-21(19,20)14-7-5-6-12-10-16-9-8-13(12)14/h5-10,17-18H,3-4,11H2,1-2H3. The number of pyridine rings is 1. The van der Waals surface area contributed by atoms with Gasteiger partial charge < -0.3 is 5.11 Å². The minimum Gasteiger partial charge on any atom is -0.394 e. The van der Waals surface area contributed by atoms with E-state index in [-0.39, 0.29) is 11.5 Å². The highest BCUT2D eigenvalue weighted by molar-refractivity contribution is 7.89. The second-order valence-electron chi connectivity index (χ2n) is 5.10. The van der Waals surface area contributed by atoms with Crippen LogP contribution in [0.3, 0.4) is 0 Å². The van der Waals surface area contributed by atoms with Crippen LogP contribution in [0.15, 0.2) is 41.6 Å². The number of nitrogens with zero attached hydrogens (tertiary/aromatic N) is 1. The normalized spacial score (nSPS) is 12.7. The van der Waals surface area contributed by atoms with E-state index in [4.69, 9.17) is 0 Å². The third-order valence-electron chi connectivity index (χ3n) is 3.94. The van der Waals surface area contributed by atoms with Gasteiger partial charge in [0.1, 0.15) is 0 Å². The topological polar surface area (TPSA) is 79.3 Å². The lowest BCUT2D eigenvalue weighted by Gasteiger charge is -2.30. The molecule has 0 aliphatic rings. The molecule has 0 aliphatic heterocycles. The molecule has 2 N–H and O–H groups in total. The smallest absolute Gasteiger partial charge is 0.241 e. The Morgan fingerprint density at radius 3 is 2.57 bits per heavy atom. The summed E-state index contributed by atoms with van der Waals surface area (Å²) in [6.45, 7) is 3.48. The molecular weight excluding hydrogens is 288 g/mol. The van der Waals surface area contributed by atoms with Crippen molar-refractivity contribution in [2.75, 3.05) is 6.61 Å². The number of aliphatic hydroxyl groups excluding tert-OH is 1. The Labute approximate surface area is 125 Å². The van der Waals surface area contributed by atoms with Crippen molar-refractivity contribution in [1.29, 1.82) is 0 Å². The predicted octanol–water partition coefficient (Wildman–Crippen LogP) is 2.06. The Hall–Kier alpha value is -1.50. The van der Waals surface area contributed by atoms with Crippen LogP contribution in [0.5, 0.6) is 0 Å². The van der Waals surface area contributed by atoms with Gasteiger partial charge in [-0.25, -0.2) is 13.1 Å². The van der Waals surface area contributed by atoms with Crippen LogP contribution in [-0.2, 0) is 10.0 Å². The lowest BCUT2D eigenvalue weighted by Crippen LogP contribution is -2.50. The average molecular weight is 308 g/mol. The van der Waals surface area contributed by atoms with Gasteiger partial charge in [0.15, 0.2) is 0 Å². The van der Waals surface area contributed by atoms with Gasteiger partial charge in [-0.3, -0.25) is 4.98 Å². The van der Waals surface area contributed by atoms with Crippen molar-refractivity contribution in [2.24, 2.45) is 0 Å². The molecule has 1 aromatic carbocycles. The Morgan fingerprint density at radius 1 is 1.24 bits per heavy atom. The van der Waals surface area contributed by atoms with Crippen LogP contribution in [0.1, 0.15) is 26.7 Å². The van der Waals surface area contributed by atoms with Gasteiger partial charge in [-0.1, -0.05) is 26.0 Å². The number of sulfonamides is 1. The fraction of sp³-hybridized carbons (Fsp3) is 0.400. The summed E-state index contributed by atoms with van der Waals surface area (Å²) in [5, 5.41) is 11.0. The molecule has 2 rings (SSSR count). The molecule has 0 aliphatic carbocycles. The zero-order valence-corrected chi connectivity index (χ0v) is 13.0. The first kappa shape index (κ1) is 15.9. The maximum atomic E-state index is 12.7. The lowest BCUT2D eigenvalue weighted by atomic mass is 9.96. The number of benzene rings is 1. The Kier molecular flexibility index (Phi) is 4.61. The van der Waals surface area contributed by atoms with E-state index in [1.165, 1.54) is 0 Å². The van der Waals surface area contributed by atoms with E-state index in [0.29, 0.717) is 18.2 Å². The first-order valence-electron chi connectivity index (χ1n) is 6.95. The van der Waals surface area contributed by atoms with Crippen molar-refractivity contribution in [2.45, 2.75) is 37.1 Å². The summed E-state index contributed by atoms with van der Waals surface area (Å²) in [6, 6.07) is 6.76. The summed E-state index contributed by atoms with van der Waals surface area (Å²) >= 11 is 0. The van der Waals surface area contributed by atoms with Crippen molar-refractivity contribution in [3.8, 4) is 0 Å². The molecule has 0 amide bonds. The molecule has 114 valence electrons. The van der Waals surface area contributed by atoms with Crippen LogP contribution in [-0.4, -0.2) is 30.7 Å². The minimum atomic E-state index is -3.72. The Morgan fingerprint density at radius 2 is 1.95 bits per heavy atom. The highest BCUT2D eigenvalue weighted by Gasteiger charge is 2.32. The largest absolute Gasteiger partial charge is 0.394 e. The molecule has 2 aromatic rings. The first-order valence-corrected chi connectivity index (χ1v) is 8.44. The van der Waals surface area contributed by atoms with E-state index in [0.717, 1.165) is 5.39 Å². The summed E-state index contributed by atoms with van der Waals surface area (Å²) in [5.41, 5.74) is -0.825. The molecule has 0 saturated heterocycles. The zero-order valence-electron chi connectivity index (χ0n) is 12.2. The van der Waals surface area contributed by atoms with Gasteiger partial charge in [0.25, 0.3) is 0 Å². The van der Waals surface area contributed by atoms with Crippen LogP contribution in [0.4, 0.5) is 0 Å². The predicted molar refractivity (Wildman–Crippen MR) is 82.5 cm³/mol. The maximum absolute atomic E-state index is 12.7. The number of hydrogen-bond donors (Lipinski definition) is 2. The van der Waals surface area contributed by atoms with Crippen molar-refractivity contribution in [1.82, 2.24) is 9.71 Å². The van der Waals surface area contributed by atoms with Crippen molar-refractivity contribution in [3.05, 3.63) is 36.7 Å². The number of fused-ring (bicyclic) bond motifs is 1. The molecule has 0 saturated carbocycles. The van der Waals surface area contributed by atoms with Gasteiger partial charge in [0.05, 0.1) is 17.0 Å². The highest BCUT2D eigenvalue weighted by atomic mass is 32.2. The average Bonchev–Trinajstić information content (AvgIpc) is 2.52. The molecule has 6 heteroatoms. The molecule has 1 heterocycles. The summed E-state index contributed by atoms with van der Waals surface area (Å²) in [6.07, 6.45) is 4.24. The van der Waals surface area contributed by atoms with Gasteiger partial charge in [-0.2, -0.15) is 0 Å². The number of aromatic nitrogens is 1. The molecular formula is C15H20N2O3S. The van der Waals surface area contributed by atoms with Crippen molar-refractivity contribution in [3.63, 3.8) is 0 Å². The number of rotatable bonds is 6. The van der Waals surface area contributed by atoms with Crippen LogP contribution >= 0.6 is 0 Å². The Balaban J connectivity index is 2.52. The van der Waals surface area contributed by atoms with E-state index >= 15 is 0 Å². The third-order valence-corrected chi connectivity index (χ3v) is 5.57. The number of hydrogen-bond acceptors (Lipinski definition) is 4. The van der Waals surface area contributed by atoms with E-state index in [9.17, 15) is 13.5 Å². The summed E-state index contributed by atoms with van der Waals surface area (Å²) < 4.78 is 28.1. The molecule has 1 aromatic heterocycles. The van der Waals surface area contributed by atoms with Gasteiger partial charge in [0, 0.05) is 23.2 Å². The highest BCUT2D eigenvalue weighted by Crippen LogP contribution is 2.25. The fourth-order valence-electron chi connectivity index (χ4n) is 2.32. The zero-order chi connectivity index (χ0) is 15.5. The summed E-state index contributed by atoms with van der Waals surface area (Å²) in [5.74, 6) is 0. The van der Waals surface area contributed by atoms with E-state index < -0.39 is 15.6 Å². The van der Waals surface area contributed by atoms with Gasteiger partial charge in [-0.15, -0.1) is 0 Å². The van der Waals surface area contributed by atoms with Crippen molar-refractivity contribution >= 4 is 20.8 Å². The monoisotopic (exact) mass is 308 g/mol. The van der Waals surface area contributed by atoms with E-state index in [2.05, 4.69) is 9.71 Å². The van der Waals surface area contributed by atoms with Crippen LogP contribution in [0.2, 0.25) is 0 Å². The second-order valence-corrected chi connectivity index (χ2v) is 6.75. The number of aliphatic hydroxyl groups is 1. The molecule has 0 atom stereocenters. The van der Waals surface area contributed by atoms with Gasteiger partial charge in [0.2, 0.25) is 10.0 Å². The van der Waals surface area contributed by atoms with Crippen LogP contribution in [0, 0.1) is 0 Å². The maximum Gasteiger partial charge on any atom is 0.241 e. The molecule has 21 heavy (non-hydrogen) atoms. The van der Waals surface area contributed by atoms with Crippen LogP contribution in [0.25, 0.3) is 10.8 Å². The van der Waals surface area contributed by atoms with Crippen LogP contribution < -0.4 is 4.72 Å². The molecule has 0 fully saturated rings. The second kappa shape index (κ2) is 6.09. The minimum absolute atomic E-state index is 0.210. The molecule has 0 radical (unpaired) electrons. The first-order chi connectivity index (χ1) is 9.98. The quantitative estimate of drug-likeness (QED) is 0.856.